The minimum absolute atomic E-state index is 0.239. The lowest BCUT2D eigenvalue weighted by molar-refractivity contribution is -0.112. The molecule has 0 spiro atoms. The third-order valence-corrected chi connectivity index (χ3v) is 2.40. The summed E-state index contributed by atoms with van der Waals surface area (Å²) in [4.78, 5) is 22.3. The average molecular weight is 238 g/mol. The van der Waals surface area contributed by atoms with Crippen LogP contribution >= 0.6 is 11.6 Å². The minimum atomic E-state index is -0.701. The summed E-state index contributed by atoms with van der Waals surface area (Å²) >= 11 is 5.20. The smallest absolute Gasteiger partial charge is 0.254 e. The number of rotatable bonds is 2. The van der Waals surface area contributed by atoms with Gasteiger partial charge in [-0.05, 0) is 23.1 Å². The van der Waals surface area contributed by atoms with E-state index in [9.17, 15) is 14.7 Å². The predicted octanol–water partition coefficient (Wildman–Crippen LogP) is 1.47. The van der Waals surface area contributed by atoms with E-state index in [0.717, 1.165) is 4.57 Å². The fourth-order valence-electron chi connectivity index (χ4n) is 1.56. The van der Waals surface area contributed by atoms with Crippen molar-refractivity contribution in [2.75, 3.05) is 0 Å². The average Bonchev–Trinajstić information content (AvgIpc) is 2.24. The number of halogens is 1. The fraction of sp³-hybridized carbons (Fsp3) is 0.0909. The maximum atomic E-state index is 11.6. The maximum absolute atomic E-state index is 11.6. The number of pyridine rings is 1. The fourth-order valence-corrected chi connectivity index (χ4v) is 1.68. The molecule has 0 aliphatic rings. The molecule has 0 fully saturated rings. The molecule has 2 aromatic rings. The van der Waals surface area contributed by atoms with E-state index in [1.807, 2.05) is 0 Å². The number of aromatic hydroxyl groups is 1. The van der Waals surface area contributed by atoms with Gasteiger partial charge in [-0.1, -0.05) is 18.2 Å². The van der Waals surface area contributed by atoms with Crippen molar-refractivity contribution in [2.45, 2.75) is 6.54 Å². The minimum Gasteiger partial charge on any atom is -0.494 e. The molecule has 4 nitrogen and oxygen atoms in total. The predicted molar refractivity (Wildman–Crippen MR) is 60.7 cm³/mol. The van der Waals surface area contributed by atoms with Gasteiger partial charge in [0.15, 0.2) is 0 Å². The third-order valence-electron chi connectivity index (χ3n) is 2.28. The van der Waals surface area contributed by atoms with Crippen LogP contribution in [0, 0.1) is 0 Å². The van der Waals surface area contributed by atoms with Gasteiger partial charge < -0.3 is 5.11 Å². The van der Waals surface area contributed by atoms with Crippen molar-refractivity contribution >= 4 is 27.6 Å². The first kappa shape index (κ1) is 10.7. The summed E-state index contributed by atoms with van der Waals surface area (Å²) in [6.07, 6.45) is 0. The highest BCUT2D eigenvalue weighted by molar-refractivity contribution is 6.63. The molecule has 0 saturated carbocycles. The summed E-state index contributed by atoms with van der Waals surface area (Å²) in [6, 6.07) is 8.23. The molecule has 0 radical (unpaired) electrons. The number of carbonyl (C=O) groups is 1. The van der Waals surface area contributed by atoms with Gasteiger partial charge in [-0.15, -0.1) is 0 Å². The summed E-state index contributed by atoms with van der Waals surface area (Å²) in [7, 11) is 0. The van der Waals surface area contributed by atoms with Crippen LogP contribution in [0.25, 0.3) is 10.8 Å². The molecule has 0 bridgehead atoms. The summed E-state index contributed by atoms with van der Waals surface area (Å²) in [5.41, 5.74) is -0.454. The van der Waals surface area contributed by atoms with E-state index >= 15 is 0 Å². The van der Waals surface area contributed by atoms with Crippen molar-refractivity contribution < 1.29 is 9.90 Å². The molecular formula is C11H8ClNO3. The molecular weight excluding hydrogens is 230 g/mol. The van der Waals surface area contributed by atoms with Gasteiger partial charge in [0.25, 0.3) is 5.56 Å². The molecule has 82 valence electrons. The summed E-state index contributed by atoms with van der Waals surface area (Å²) < 4.78 is 0.942. The molecule has 0 aliphatic carbocycles. The summed E-state index contributed by atoms with van der Waals surface area (Å²) in [5.74, 6) is -0.239. The molecule has 0 atom stereocenters. The van der Waals surface area contributed by atoms with Crippen LogP contribution in [0.3, 0.4) is 0 Å². The van der Waals surface area contributed by atoms with E-state index in [2.05, 4.69) is 0 Å². The molecule has 1 heterocycles. The second-order valence-electron chi connectivity index (χ2n) is 3.33. The lowest BCUT2D eigenvalue weighted by atomic mass is 10.1. The molecule has 1 aromatic heterocycles. The van der Waals surface area contributed by atoms with Gasteiger partial charge in [-0.2, -0.15) is 0 Å². The topological polar surface area (TPSA) is 59.3 Å². The Kier molecular flexibility index (Phi) is 2.66. The second-order valence-corrected chi connectivity index (χ2v) is 3.76. The van der Waals surface area contributed by atoms with E-state index in [1.54, 1.807) is 24.3 Å². The summed E-state index contributed by atoms with van der Waals surface area (Å²) in [5, 5.41) is 10.3. The molecule has 16 heavy (non-hydrogen) atoms. The molecule has 5 heteroatoms. The van der Waals surface area contributed by atoms with E-state index in [1.165, 1.54) is 6.07 Å². The highest BCUT2D eigenvalue weighted by atomic mass is 35.5. The Morgan fingerprint density at radius 1 is 1.38 bits per heavy atom. The molecule has 0 saturated heterocycles. The highest BCUT2D eigenvalue weighted by Crippen LogP contribution is 2.21. The first-order valence-electron chi connectivity index (χ1n) is 4.59. The van der Waals surface area contributed by atoms with Gasteiger partial charge in [0.1, 0.15) is 6.54 Å². The Balaban J connectivity index is 2.75. The van der Waals surface area contributed by atoms with E-state index in [0.29, 0.717) is 10.8 Å². The Morgan fingerprint density at radius 3 is 2.75 bits per heavy atom. The normalized spacial score (nSPS) is 10.6. The Bertz CT molecular complexity index is 618. The number of hydrogen-bond donors (Lipinski definition) is 1. The van der Waals surface area contributed by atoms with Gasteiger partial charge in [-0.3, -0.25) is 14.2 Å². The summed E-state index contributed by atoms with van der Waals surface area (Å²) in [6.45, 7) is -0.336. The van der Waals surface area contributed by atoms with Gasteiger partial charge in [-0.25, -0.2) is 0 Å². The molecule has 0 amide bonds. The number of nitrogens with zero attached hydrogens (tertiary/aromatic N) is 1. The number of aromatic nitrogens is 1. The van der Waals surface area contributed by atoms with Crippen LogP contribution in [0.4, 0.5) is 0 Å². The van der Waals surface area contributed by atoms with Crippen LogP contribution < -0.4 is 5.56 Å². The highest BCUT2D eigenvalue weighted by Gasteiger charge is 2.10. The molecule has 0 aliphatic heterocycles. The van der Waals surface area contributed by atoms with Crippen molar-refractivity contribution in [1.29, 1.82) is 0 Å². The maximum Gasteiger partial charge on any atom is 0.254 e. The number of fused-ring (bicyclic) bond motifs is 1. The van der Waals surface area contributed by atoms with Gasteiger partial charge in [0.2, 0.25) is 11.1 Å². The van der Waals surface area contributed by atoms with Gasteiger partial charge in [0.05, 0.1) is 0 Å². The monoisotopic (exact) mass is 237 g/mol. The Hall–Kier alpha value is -1.81. The van der Waals surface area contributed by atoms with E-state index < -0.39 is 10.8 Å². The van der Waals surface area contributed by atoms with Crippen molar-refractivity contribution in [2.24, 2.45) is 0 Å². The van der Waals surface area contributed by atoms with Crippen molar-refractivity contribution in [3.05, 3.63) is 40.7 Å². The standard InChI is InChI=1S/C11H8ClNO3/c12-9(14)6-13-10(15)5-7-3-1-2-4-8(7)11(13)16/h1-5,16H,6H2. The van der Waals surface area contributed by atoms with Crippen LogP contribution in [-0.2, 0) is 11.3 Å². The zero-order valence-electron chi connectivity index (χ0n) is 8.18. The molecule has 2 rings (SSSR count). The first-order chi connectivity index (χ1) is 7.59. The zero-order valence-corrected chi connectivity index (χ0v) is 8.94. The zero-order chi connectivity index (χ0) is 11.7. The van der Waals surface area contributed by atoms with Gasteiger partial charge >= 0.3 is 0 Å². The molecule has 0 unspecified atom stereocenters. The first-order valence-corrected chi connectivity index (χ1v) is 4.97. The Labute approximate surface area is 95.7 Å². The second kappa shape index (κ2) is 3.98. The van der Waals surface area contributed by atoms with E-state index in [-0.39, 0.29) is 12.4 Å². The Morgan fingerprint density at radius 2 is 2.06 bits per heavy atom. The SMILES string of the molecule is O=C(Cl)Cn1c(O)c2ccccc2cc1=O. The number of carbonyl (C=O) groups excluding carboxylic acids is 1. The van der Waals surface area contributed by atoms with Crippen molar-refractivity contribution in [1.82, 2.24) is 4.57 Å². The van der Waals surface area contributed by atoms with Gasteiger partial charge in [0, 0.05) is 11.5 Å². The van der Waals surface area contributed by atoms with Crippen molar-refractivity contribution in [3.8, 4) is 5.88 Å². The van der Waals surface area contributed by atoms with Crippen LogP contribution in [-0.4, -0.2) is 14.9 Å². The van der Waals surface area contributed by atoms with Crippen LogP contribution in [0.2, 0.25) is 0 Å². The third kappa shape index (κ3) is 1.79. The molecule has 1 N–H and O–H groups in total. The van der Waals surface area contributed by atoms with Crippen LogP contribution in [0.1, 0.15) is 0 Å². The van der Waals surface area contributed by atoms with Crippen LogP contribution in [0.5, 0.6) is 5.88 Å². The quantitative estimate of drug-likeness (QED) is 0.805. The lowest BCUT2D eigenvalue weighted by Gasteiger charge is -2.08. The lowest BCUT2D eigenvalue weighted by Crippen LogP contribution is -2.21. The van der Waals surface area contributed by atoms with E-state index in [4.69, 9.17) is 11.6 Å². The van der Waals surface area contributed by atoms with Crippen molar-refractivity contribution in [3.63, 3.8) is 0 Å². The number of hydrogen-bond acceptors (Lipinski definition) is 3. The number of benzene rings is 1. The van der Waals surface area contributed by atoms with Crippen LogP contribution in [0.15, 0.2) is 35.1 Å². The molecule has 1 aromatic carbocycles. The largest absolute Gasteiger partial charge is 0.494 e.